The molecule has 108 valence electrons. The topological polar surface area (TPSA) is 128 Å². The number of aromatic nitrogens is 2. The molecule has 0 aliphatic heterocycles. The molecule has 2 rings (SSSR count). The number of non-ortho nitro benzene ring substituents is 1. The largest absolute Gasteiger partial charge is 0.384 e. The number of hydrogen-bond acceptors (Lipinski definition) is 5. The van der Waals surface area contributed by atoms with Crippen LogP contribution in [0.2, 0.25) is 0 Å². The summed E-state index contributed by atoms with van der Waals surface area (Å²) in [6.45, 7) is 2.04. The van der Waals surface area contributed by atoms with E-state index in [-0.39, 0.29) is 17.1 Å². The number of nitrogens with two attached hydrogens (primary N) is 1. The van der Waals surface area contributed by atoms with Crippen LogP contribution in [-0.2, 0) is 6.54 Å². The van der Waals surface area contributed by atoms with Crippen molar-refractivity contribution in [3.05, 3.63) is 56.4 Å². The van der Waals surface area contributed by atoms with Gasteiger partial charge in [0.2, 0.25) is 0 Å². The van der Waals surface area contributed by atoms with E-state index >= 15 is 0 Å². The van der Waals surface area contributed by atoms with Crippen molar-refractivity contribution in [3.63, 3.8) is 0 Å². The van der Waals surface area contributed by atoms with E-state index < -0.39 is 10.5 Å². The lowest BCUT2D eigenvalue weighted by molar-refractivity contribution is -0.384. The molecule has 0 spiro atoms. The minimum atomic E-state index is -0.509. The van der Waals surface area contributed by atoms with Gasteiger partial charge in [0.25, 0.3) is 11.2 Å². The number of aryl methyl sites for hydroxylation is 1. The lowest BCUT2D eigenvalue weighted by atomic mass is 10.1. The van der Waals surface area contributed by atoms with Crippen LogP contribution in [0.4, 0.5) is 5.69 Å². The number of nitro groups is 1. The molecule has 3 N–H and O–H groups in total. The van der Waals surface area contributed by atoms with Gasteiger partial charge in [-0.1, -0.05) is 12.1 Å². The highest BCUT2D eigenvalue weighted by Crippen LogP contribution is 2.21. The number of hydrogen-bond donors (Lipinski definition) is 2. The Bertz CT molecular complexity index is 782. The highest BCUT2D eigenvalue weighted by molar-refractivity contribution is 5.95. The first kappa shape index (κ1) is 14.4. The van der Waals surface area contributed by atoms with Crippen molar-refractivity contribution in [1.29, 1.82) is 5.41 Å². The predicted octanol–water partition coefficient (Wildman–Crippen LogP) is 1.12. The molecule has 8 heteroatoms. The van der Waals surface area contributed by atoms with Gasteiger partial charge in [0.15, 0.2) is 0 Å². The summed E-state index contributed by atoms with van der Waals surface area (Å²) in [5.41, 5.74) is 5.72. The lowest BCUT2D eigenvalue weighted by Crippen LogP contribution is -2.31. The first-order valence-electron chi connectivity index (χ1n) is 6.15. The maximum atomic E-state index is 12.0. The lowest BCUT2D eigenvalue weighted by Gasteiger charge is -2.08. The van der Waals surface area contributed by atoms with Gasteiger partial charge in [-0.2, -0.15) is 5.10 Å². The highest BCUT2D eigenvalue weighted by Gasteiger charge is 2.13. The quantitative estimate of drug-likeness (QED) is 0.377. The molecule has 21 heavy (non-hydrogen) atoms. The van der Waals surface area contributed by atoms with E-state index in [9.17, 15) is 14.9 Å². The summed E-state index contributed by atoms with van der Waals surface area (Å²) in [4.78, 5) is 22.3. The molecule has 1 heterocycles. The van der Waals surface area contributed by atoms with Gasteiger partial charge in [-0.25, -0.2) is 4.68 Å². The number of rotatable bonds is 4. The van der Waals surface area contributed by atoms with Crippen molar-refractivity contribution in [2.24, 2.45) is 5.73 Å². The summed E-state index contributed by atoms with van der Waals surface area (Å²) in [6.07, 6.45) is 0. The number of benzene rings is 1. The molecule has 0 aliphatic carbocycles. The molecule has 0 bridgehead atoms. The molecule has 0 aliphatic rings. The third-order valence-corrected chi connectivity index (χ3v) is 2.92. The Morgan fingerprint density at radius 2 is 2.19 bits per heavy atom. The van der Waals surface area contributed by atoms with Crippen molar-refractivity contribution < 1.29 is 4.92 Å². The molecule has 0 saturated heterocycles. The molecule has 1 aromatic carbocycles. The van der Waals surface area contributed by atoms with E-state index in [4.69, 9.17) is 11.1 Å². The van der Waals surface area contributed by atoms with Gasteiger partial charge in [-0.3, -0.25) is 20.3 Å². The van der Waals surface area contributed by atoms with Crippen LogP contribution in [-0.4, -0.2) is 20.5 Å². The molecule has 8 nitrogen and oxygen atoms in total. The maximum Gasteiger partial charge on any atom is 0.277 e. The van der Waals surface area contributed by atoms with Gasteiger partial charge in [0, 0.05) is 24.2 Å². The summed E-state index contributed by atoms with van der Waals surface area (Å²) >= 11 is 0. The number of nitrogens with one attached hydrogen (secondary N) is 1. The number of nitrogens with zero attached hydrogens (tertiary/aromatic N) is 3. The predicted molar refractivity (Wildman–Crippen MR) is 77.3 cm³/mol. The van der Waals surface area contributed by atoms with Gasteiger partial charge in [0.1, 0.15) is 5.84 Å². The number of amidine groups is 1. The van der Waals surface area contributed by atoms with Gasteiger partial charge < -0.3 is 5.73 Å². The Morgan fingerprint density at radius 3 is 2.76 bits per heavy atom. The normalized spacial score (nSPS) is 10.3. The fourth-order valence-electron chi connectivity index (χ4n) is 1.87. The Balaban J connectivity index is 2.66. The zero-order valence-electron chi connectivity index (χ0n) is 11.2. The van der Waals surface area contributed by atoms with Crippen LogP contribution in [0.15, 0.2) is 35.1 Å². The SMILES string of the molecule is CCn1nc(-c2cccc([N+](=O)[O-])c2)cc(C(=N)N)c1=O. The summed E-state index contributed by atoms with van der Waals surface area (Å²) in [5, 5.41) is 22.4. The third kappa shape index (κ3) is 2.78. The van der Waals surface area contributed by atoms with Crippen molar-refractivity contribution in [2.45, 2.75) is 13.5 Å². The molecule has 0 fully saturated rings. The van der Waals surface area contributed by atoms with E-state index in [0.29, 0.717) is 17.8 Å². The second kappa shape index (κ2) is 5.53. The first-order valence-corrected chi connectivity index (χ1v) is 6.15. The molecule has 0 amide bonds. The van der Waals surface area contributed by atoms with Crippen LogP contribution in [0, 0.1) is 15.5 Å². The fraction of sp³-hybridized carbons (Fsp3) is 0.154. The molecular formula is C13H13N5O3. The summed E-state index contributed by atoms with van der Waals surface area (Å²) in [7, 11) is 0. The average Bonchev–Trinajstić information content (AvgIpc) is 2.47. The summed E-state index contributed by atoms with van der Waals surface area (Å²) in [6, 6.07) is 7.27. The Labute approximate surface area is 119 Å². The Kier molecular flexibility index (Phi) is 3.79. The molecule has 0 atom stereocenters. The van der Waals surface area contributed by atoms with E-state index in [1.807, 2.05) is 0 Å². The van der Waals surface area contributed by atoms with E-state index in [2.05, 4.69) is 5.10 Å². The van der Waals surface area contributed by atoms with Crippen LogP contribution in [0.1, 0.15) is 12.5 Å². The monoisotopic (exact) mass is 287 g/mol. The minimum Gasteiger partial charge on any atom is -0.384 e. The number of nitro benzene ring substituents is 1. The van der Waals surface area contributed by atoms with E-state index in [1.54, 1.807) is 13.0 Å². The molecule has 1 aromatic heterocycles. The molecular weight excluding hydrogens is 274 g/mol. The van der Waals surface area contributed by atoms with Crippen molar-refractivity contribution in [3.8, 4) is 11.3 Å². The minimum absolute atomic E-state index is 0.0216. The number of nitrogen functional groups attached to an aromatic ring is 1. The second-order valence-corrected chi connectivity index (χ2v) is 4.29. The zero-order chi connectivity index (χ0) is 15.6. The van der Waals surface area contributed by atoms with E-state index in [1.165, 1.54) is 28.9 Å². The van der Waals surface area contributed by atoms with Gasteiger partial charge in [0.05, 0.1) is 16.2 Å². The Morgan fingerprint density at radius 1 is 1.48 bits per heavy atom. The molecule has 0 unspecified atom stereocenters. The highest BCUT2D eigenvalue weighted by atomic mass is 16.6. The second-order valence-electron chi connectivity index (χ2n) is 4.29. The van der Waals surface area contributed by atoms with Crippen LogP contribution in [0.25, 0.3) is 11.3 Å². The summed E-state index contributed by atoms with van der Waals surface area (Å²) < 4.78 is 1.17. The van der Waals surface area contributed by atoms with Crippen molar-refractivity contribution >= 4 is 11.5 Å². The van der Waals surface area contributed by atoms with Gasteiger partial charge in [-0.05, 0) is 13.0 Å². The molecule has 0 saturated carbocycles. The van der Waals surface area contributed by atoms with Crippen LogP contribution in [0.5, 0.6) is 0 Å². The first-order chi connectivity index (χ1) is 9.93. The van der Waals surface area contributed by atoms with Gasteiger partial charge in [-0.15, -0.1) is 0 Å². The standard InChI is InChI=1S/C13H13N5O3/c1-2-17-13(19)10(12(14)15)7-11(16-17)8-4-3-5-9(6-8)18(20)21/h3-7H,2H2,1H3,(H3,14,15). The van der Waals surface area contributed by atoms with Crippen LogP contribution < -0.4 is 11.3 Å². The fourth-order valence-corrected chi connectivity index (χ4v) is 1.87. The molecule has 2 aromatic rings. The van der Waals surface area contributed by atoms with E-state index in [0.717, 1.165) is 0 Å². The van der Waals surface area contributed by atoms with Gasteiger partial charge >= 0.3 is 0 Å². The molecule has 0 radical (unpaired) electrons. The third-order valence-electron chi connectivity index (χ3n) is 2.92. The average molecular weight is 287 g/mol. The van der Waals surface area contributed by atoms with Crippen molar-refractivity contribution in [1.82, 2.24) is 9.78 Å². The smallest absolute Gasteiger partial charge is 0.277 e. The summed E-state index contributed by atoms with van der Waals surface area (Å²) in [5.74, 6) is -0.365. The van der Waals surface area contributed by atoms with Crippen LogP contribution in [0.3, 0.4) is 0 Å². The Hall–Kier alpha value is -3.03. The van der Waals surface area contributed by atoms with Crippen molar-refractivity contribution in [2.75, 3.05) is 0 Å². The maximum absolute atomic E-state index is 12.0. The zero-order valence-corrected chi connectivity index (χ0v) is 11.2. The van der Waals surface area contributed by atoms with Crippen LogP contribution >= 0.6 is 0 Å².